The van der Waals surface area contributed by atoms with Crippen LogP contribution in [0.3, 0.4) is 0 Å². The maximum atomic E-state index is 12.8. The number of rotatable bonds is 8. The zero-order valence-corrected chi connectivity index (χ0v) is 17.7. The van der Waals surface area contributed by atoms with E-state index < -0.39 is 27.2 Å². The molecule has 10 nitrogen and oxygen atoms in total. The molecular weight excluding hydrogens is 450 g/mol. The van der Waals surface area contributed by atoms with E-state index in [2.05, 4.69) is 15.3 Å². The monoisotopic (exact) mass is 470 g/mol. The summed E-state index contributed by atoms with van der Waals surface area (Å²) < 4.78 is 60.6. The van der Waals surface area contributed by atoms with Crippen molar-refractivity contribution in [3.63, 3.8) is 0 Å². The fraction of sp³-hybridized carbons (Fsp3) is 0.316. The molecule has 1 fully saturated rings. The van der Waals surface area contributed by atoms with Gasteiger partial charge in [0.15, 0.2) is 0 Å². The van der Waals surface area contributed by atoms with Crippen molar-refractivity contribution < 1.29 is 31.6 Å². The van der Waals surface area contributed by atoms with E-state index in [9.17, 15) is 27.3 Å². The maximum Gasteiger partial charge on any atom is 0.387 e. The summed E-state index contributed by atoms with van der Waals surface area (Å²) >= 11 is 0. The molecule has 1 aliphatic rings. The Labute approximate surface area is 182 Å². The molecule has 0 saturated carbocycles. The topological polar surface area (TPSA) is 123 Å². The Morgan fingerprint density at radius 2 is 1.88 bits per heavy atom. The molecule has 1 heterocycles. The Hall–Kier alpha value is -3.16. The molecule has 2 aromatic carbocycles. The molecule has 0 aliphatic carbocycles. The number of sulfonamides is 1. The van der Waals surface area contributed by atoms with Gasteiger partial charge in [-0.3, -0.25) is 15.5 Å². The van der Waals surface area contributed by atoms with Gasteiger partial charge in [0.1, 0.15) is 11.4 Å². The lowest BCUT2D eigenvalue weighted by Crippen LogP contribution is -2.40. The first-order valence-corrected chi connectivity index (χ1v) is 10.8. The van der Waals surface area contributed by atoms with Crippen molar-refractivity contribution in [1.29, 1.82) is 0 Å². The number of morpholine rings is 1. The van der Waals surface area contributed by atoms with Crippen molar-refractivity contribution in [1.82, 2.24) is 4.31 Å². The van der Waals surface area contributed by atoms with Crippen LogP contribution in [-0.2, 0) is 14.8 Å². The van der Waals surface area contributed by atoms with Gasteiger partial charge in [-0.2, -0.15) is 18.2 Å². The van der Waals surface area contributed by atoms with Crippen molar-refractivity contribution in [2.75, 3.05) is 31.7 Å². The molecule has 1 saturated heterocycles. The second-order valence-corrected chi connectivity index (χ2v) is 8.60. The molecule has 0 atom stereocenters. The average molecular weight is 470 g/mol. The van der Waals surface area contributed by atoms with E-state index >= 15 is 0 Å². The molecule has 1 aliphatic heterocycles. The van der Waals surface area contributed by atoms with E-state index in [4.69, 9.17) is 4.74 Å². The summed E-state index contributed by atoms with van der Waals surface area (Å²) in [6.07, 6.45) is 0. The van der Waals surface area contributed by atoms with E-state index in [0.717, 1.165) is 6.07 Å². The van der Waals surface area contributed by atoms with Crippen LogP contribution in [0.2, 0.25) is 0 Å². The summed E-state index contributed by atoms with van der Waals surface area (Å²) in [6.45, 7) is -0.484. The second kappa shape index (κ2) is 9.97. The minimum Gasteiger partial charge on any atom is -0.435 e. The van der Waals surface area contributed by atoms with Gasteiger partial charge in [0.05, 0.1) is 28.7 Å². The third kappa shape index (κ3) is 5.55. The van der Waals surface area contributed by atoms with Crippen LogP contribution >= 0.6 is 0 Å². The number of benzene rings is 2. The van der Waals surface area contributed by atoms with Crippen molar-refractivity contribution in [3.05, 3.63) is 58.1 Å². The first-order valence-electron chi connectivity index (χ1n) is 9.40. The first kappa shape index (κ1) is 23.5. The first-order chi connectivity index (χ1) is 15.2. The number of ether oxygens (including phenoxy) is 2. The molecule has 172 valence electrons. The van der Waals surface area contributed by atoms with Gasteiger partial charge >= 0.3 is 6.61 Å². The lowest BCUT2D eigenvalue weighted by molar-refractivity contribution is -0.384. The van der Waals surface area contributed by atoms with E-state index in [-0.39, 0.29) is 42.6 Å². The van der Waals surface area contributed by atoms with E-state index in [1.807, 2.05) is 0 Å². The lowest BCUT2D eigenvalue weighted by Gasteiger charge is -2.26. The van der Waals surface area contributed by atoms with Gasteiger partial charge in [-0.1, -0.05) is 0 Å². The lowest BCUT2D eigenvalue weighted by atomic mass is 10.1. The summed E-state index contributed by atoms with van der Waals surface area (Å²) in [5.41, 5.74) is 3.07. The highest BCUT2D eigenvalue weighted by molar-refractivity contribution is 7.89. The minimum atomic E-state index is -3.90. The number of anilines is 1. The number of halogens is 2. The predicted octanol–water partition coefficient (Wildman–Crippen LogP) is 3.05. The summed E-state index contributed by atoms with van der Waals surface area (Å²) in [4.78, 5) is 10.6. The molecule has 0 amide bonds. The van der Waals surface area contributed by atoms with Crippen LogP contribution in [0.25, 0.3) is 0 Å². The standard InChI is InChI=1S/C19H20F2N4O6S/c1-13(14-2-4-15(5-3-14)31-19(20)21)22-23-17-7-6-16(12-18(17)25(26)27)32(28,29)24-8-10-30-11-9-24/h2-7,12,19,23H,8-11H2,1H3. The highest BCUT2D eigenvalue weighted by Gasteiger charge is 2.28. The van der Waals surface area contributed by atoms with Crippen LogP contribution in [0.4, 0.5) is 20.2 Å². The number of alkyl halides is 2. The van der Waals surface area contributed by atoms with Gasteiger partial charge < -0.3 is 9.47 Å². The smallest absolute Gasteiger partial charge is 0.387 e. The van der Waals surface area contributed by atoms with Gasteiger partial charge in [0.2, 0.25) is 10.0 Å². The molecule has 2 aromatic rings. The van der Waals surface area contributed by atoms with Gasteiger partial charge in [-0.25, -0.2) is 8.42 Å². The van der Waals surface area contributed by atoms with Crippen LogP contribution in [0.15, 0.2) is 52.5 Å². The summed E-state index contributed by atoms with van der Waals surface area (Å²) in [6, 6.07) is 9.20. The van der Waals surface area contributed by atoms with Crippen LogP contribution in [-0.4, -0.2) is 56.3 Å². The van der Waals surface area contributed by atoms with Gasteiger partial charge in [-0.05, 0) is 48.9 Å². The normalized spacial score (nSPS) is 15.6. The average Bonchev–Trinajstić information content (AvgIpc) is 2.78. The van der Waals surface area contributed by atoms with Gasteiger partial charge in [0.25, 0.3) is 5.69 Å². The van der Waals surface area contributed by atoms with Gasteiger partial charge in [0, 0.05) is 19.2 Å². The molecule has 3 rings (SSSR count). The number of nitro benzene ring substituents is 1. The zero-order valence-electron chi connectivity index (χ0n) is 16.9. The van der Waals surface area contributed by atoms with E-state index in [0.29, 0.717) is 11.3 Å². The molecule has 0 radical (unpaired) electrons. The Morgan fingerprint density at radius 3 is 2.47 bits per heavy atom. The Balaban J connectivity index is 1.81. The Morgan fingerprint density at radius 1 is 1.22 bits per heavy atom. The number of hydrazone groups is 1. The molecule has 1 N–H and O–H groups in total. The molecular formula is C19H20F2N4O6S. The number of nitrogens with one attached hydrogen (secondary N) is 1. The predicted molar refractivity (Wildman–Crippen MR) is 112 cm³/mol. The van der Waals surface area contributed by atoms with Gasteiger partial charge in [-0.15, -0.1) is 0 Å². The molecule has 0 aromatic heterocycles. The van der Waals surface area contributed by atoms with Crippen LogP contribution in [0.1, 0.15) is 12.5 Å². The molecule has 0 spiro atoms. The zero-order chi connectivity index (χ0) is 23.3. The largest absolute Gasteiger partial charge is 0.435 e. The van der Waals surface area contributed by atoms with Crippen LogP contribution in [0, 0.1) is 10.1 Å². The highest BCUT2D eigenvalue weighted by Crippen LogP contribution is 2.29. The fourth-order valence-corrected chi connectivity index (χ4v) is 4.37. The quantitative estimate of drug-likeness (QED) is 0.357. The van der Waals surface area contributed by atoms with Crippen molar-refractivity contribution in [3.8, 4) is 5.75 Å². The molecule has 32 heavy (non-hydrogen) atoms. The summed E-state index contributed by atoms with van der Waals surface area (Å²) in [7, 11) is -3.90. The molecule has 0 unspecified atom stereocenters. The number of hydrogen-bond acceptors (Lipinski definition) is 8. The highest BCUT2D eigenvalue weighted by atomic mass is 32.2. The van der Waals surface area contributed by atoms with E-state index in [1.165, 1.54) is 40.7 Å². The second-order valence-electron chi connectivity index (χ2n) is 6.66. The number of nitrogens with zero attached hydrogens (tertiary/aromatic N) is 3. The third-order valence-corrected chi connectivity index (χ3v) is 6.51. The Kier molecular flexibility index (Phi) is 7.33. The maximum absolute atomic E-state index is 12.8. The SMILES string of the molecule is CC(=NNc1ccc(S(=O)(=O)N2CCOCC2)cc1[N+](=O)[O-])c1ccc(OC(F)F)cc1. The third-order valence-electron chi connectivity index (χ3n) is 4.62. The van der Waals surface area contributed by atoms with Crippen molar-refractivity contribution >= 4 is 27.1 Å². The van der Waals surface area contributed by atoms with Crippen molar-refractivity contribution in [2.45, 2.75) is 18.4 Å². The minimum absolute atomic E-state index is 0.00655. The Bertz CT molecular complexity index is 1100. The fourth-order valence-electron chi connectivity index (χ4n) is 2.94. The summed E-state index contributed by atoms with van der Waals surface area (Å²) in [5, 5.41) is 15.6. The number of hydrogen-bond donors (Lipinski definition) is 1. The molecule has 13 heteroatoms. The van der Waals surface area contributed by atoms with Crippen molar-refractivity contribution in [2.24, 2.45) is 5.10 Å². The van der Waals surface area contributed by atoms with Crippen LogP contribution < -0.4 is 10.2 Å². The van der Waals surface area contributed by atoms with E-state index in [1.54, 1.807) is 6.92 Å². The number of nitro groups is 1. The van der Waals surface area contributed by atoms with Crippen LogP contribution in [0.5, 0.6) is 5.75 Å². The summed E-state index contributed by atoms with van der Waals surface area (Å²) in [5.74, 6) is -0.0165. The molecule has 0 bridgehead atoms.